The van der Waals surface area contributed by atoms with Crippen LogP contribution in [0.4, 0.5) is 0 Å². The first-order valence-electron chi connectivity index (χ1n) is 4.76. The van der Waals surface area contributed by atoms with Crippen LogP contribution in [0.5, 0.6) is 0 Å². The third-order valence-electron chi connectivity index (χ3n) is 3.13. The molecular weight excluding hydrogens is 182 g/mol. The van der Waals surface area contributed by atoms with Crippen LogP contribution < -0.4 is 0 Å². The van der Waals surface area contributed by atoms with Gasteiger partial charge < -0.3 is 10.0 Å². The fraction of sp³-hybridized carbons (Fsp3) is 0.600. The van der Waals surface area contributed by atoms with Crippen LogP contribution in [-0.4, -0.2) is 34.0 Å². The Labute approximate surface area is 82.2 Å². The molecule has 2 rings (SSSR count). The number of rotatable bonds is 3. The van der Waals surface area contributed by atoms with Crippen molar-refractivity contribution < 1.29 is 14.7 Å². The van der Waals surface area contributed by atoms with Gasteiger partial charge >= 0.3 is 5.97 Å². The maximum atomic E-state index is 11.5. The number of carbonyl (C=O) groups is 2. The van der Waals surface area contributed by atoms with Crippen LogP contribution in [0.25, 0.3) is 0 Å². The van der Waals surface area contributed by atoms with E-state index < -0.39 is 11.5 Å². The topological polar surface area (TPSA) is 57.6 Å². The second kappa shape index (κ2) is 2.83. The molecule has 1 saturated carbocycles. The van der Waals surface area contributed by atoms with Crippen molar-refractivity contribution in [3.63, 3.8) is 0 Å². The minimum Gasteiger partial charge on any atom is -0.479 e. The first kappa shape index (κ1) is 9.24. The van der Waals surface area contributed by atoms with Gasteiger partial charge in [-0.1, -0.05) is 6.08 Å². The lowest BCUT2D eigenvalue weighted by molar-refractivity contribution is -0.150. The van der Waals surface area contributed by atoms with Gasteiger partial charge in [-0.15, -0.1) is 6.58 Å². The van der Waals surface area contributed by atoms with Crippen LogP contribution in [0.3, 0.4) is 0 Å². The van der Waals surface area contributed by atoms with Crippen LogP contribution in [0.1, 0.15) is 19.3 Å². The van der Waals surface area contributed by atoms with E-state index in [1.165, 1.54) is 4.90 Å². The molecule has 0 aromatic heterocycles. The van der Waals surface area contributed by atoms with Gasteiger partial charge in [0.15, 0.2) is 0 Å². The maximum absolute atomic E-state index is 11.5. The highest BCUT2D eigenvalue weighted by Gasteiger charge is 2.58. The predicted octanol–water partition coefficient (Wildman–Crippen LogP) is 0.638. The lowest BCUT2D eigenvalue weighted by Crippen LogP contribution is -2.44. The summed E-state index contributed by atoms with van der Waals surface area (Å²) in [5.74, 6) is -0.787. The molecule has 0 spiro atoms. The molecule has 4 nitrogen and oxygen atoms in total. The molecule has 0 aromatic carbocycles. The number of likely N-dealkylation sites (tertiary alicyclic amines) is 1. The number of carboxylic acid groups (broad SMARTS) is 1. The van der Waals surface area contributed by atoms with Crippen LogP contribution in [0.15, 0.2) is 12.7 Å². The lowest BCUT2D eigenvalue weighted by Gasteiger charge is -2.23. The molecule has 1 aliphatic carbocycles. The van der Waals surface area contributed by atoms with Gasteiger partial charge in [0.05, 0.1) is 0 Å². The third-order valence-corrected chi connectivity index (χ3v) is 3.13. The summed E-state index contributed by atoms with van der Waals surface area (Å²) in [6, 6.07) is 0. The van der Waals surface area contributed by atoms with Crippen LogP contribution in [-0.2, 0) is 9.59 Å². The zero-order valence-electron chi connectivity index (χ0n) is 7.90. The Hall–Kier alpha value is -1.32. The van der Waals surface area contributed by atoms with Gasteiger partial charge in [0, 0.05) is 18.9 Å². The van der Waals surface area contributed by atoms with Crippen molar-refractivity contribution in [3.05, 3.63) is 12.7 Å². The Morgan fingerprint density at radius 2 is 2.29 bits per heavy atom. The van der Waals surface area contributed by atoms with E-state index in [1.54, 1.807) is 6.08 Å². The van der Waals surface area contributed by atoms with Gasteiger partial charge in [0.2, 0.25) is 5.91 Å². The molecule has 1 atom stereocenters. The van der Waals surface area contributed by atoms with E-state index in [9.17, 15) is 9.59 Å². The minimum absolute atomic E-state index is 0.0465. The number of carboxylic acids is 1. The molecule has 1 aliphatic heterocycles. The fourth-order valence-corrected chi connectivity index (χ4v) is 2.02. The molecular formula is C10H13NO3. The van der Waals surface area contributed by atoms with Crippen molar-refractivity contribution in [1.29, 1.82) is 0 Å². The minimum atomic E-state index is -0.866. The number of aliphatic carboxylic acids is 1. The number of hydrogen-bond donors (Lipinski definition) is 1. The first-order valence-corrected chi connectivity index (χ1v) is 4.76. The summed E-state index contributed by atoms with van der Waals surface area (Å²) in [7, 11) is 0. The second-order valence-corrected chi connectivity index (χ2v) is 4.04. The van der Waals surface area contributed by atoms with Gasteiger partial charge in [0.25, 0.3) is 0 Å². The fourth-order valence-electron chi connectivity index (χ4n) is 2.02. The van der Waals surface area contributed by atoms with Gasteiger partial charge in [-0.05, 0) is 12.8 Å². The zero-order chi connectivity index (χ0) is 10.3. The molecule has 1 unspecified atom stereocenters. The molecule has 2 aliphatic rings. The van der Waals surface area contributed by atoms with Gasteiger partial charge in [-0.3, -0.25) is 4.79 Å². The van der Waals surface area contributed by atoms with E-state index in [0.29, 0.717) is 25.8 Å². The number of amides is 1. The van der Waals surface area contributed by atoms with Gasteiger partial charge in [0.1, 0.15) is 5.54 Å². The van der Waals surface area contributed by atoms with E-state index in [-0.39, 0.29) is 11.8 Å². The van der Waals surface area contributed by atoms with Gasteiger partial charge in [-0.25, -0.2) is 4.79 Å². The lowest BCUT2D eigenvalue weighted by atomic mass is 10.1. The summed E-state index contributed by atoms with van der Waals surface area (Å²) in [4.78, 5) is 24.1. The molecule has 4 heteroatoms. The Morgan fingerprint density at radius 3 is 2.64 bits per heavy atom. The standard InChI is InChI=1S/C10H13NO3/c1-2-7-5-8(12)11(6-7)10(3-4-10)9(13)14/h2,7H,1,3-6H2,(H,13,14). The molecule has 2 fully saturated rings. The van der Waals surface area contributed by atoms with Crippen LogP contribution in [0, 0.1) is 5.92 Å². The smallest absolute Gasteiger partial charge is 0.329 e. The van der Waals surface area contributed by atoms with Crippen molar-refractivity contribution in [2.45, 2.75) is 24.8 Å². The third kappa shape index (κ3) is 1.14. The predicted molar refractivity (Wildman–Crippen MR) is 49.6 cm³/mol. The summed E-state index contributed by atoms with van der Waals surface area (Å²) in [5, 5.41) is 9.02. The normalized spacial score (nSPS) is 29.0. The number of nitrogens with zero attached hydrogens (tertiary/aromatic N) is 1. The van der Waals surface area contributed by atoms with Crippen LogP contribution >= 0.6 is 0 Å². The Kier molecular flexibility index (Phi) is 1.87. The van der Waals surface area contributed by atoms with Crippen molar-refractivity contribution in [1.82, 2.24) is 4.90 Å². The largest absolute Gasteiger partial charge is 0.479 e. The van der Waals surface area contributed by atoms with E-state index >= 15 is 0 Å². The first-order chi connectivity index (χ1) is 6.60. The molecule has 1 amide bonds. The zero-order valence-corrected chi connectivity index (χ0v) is 7.90. The van der Waals surface area contributed by atoms with Crippen molar-refractivity contribution >= 4 is 11.9 Å². The molecule has 0 radical (unpaired) electrons. The molecule has 0 bridgehead atoms. The van der Waals surface area contributed by atoms with E-state index in [1.807, 2.05) is 0 Å². The quantitative estimate of drug-likeness (QED) is 0.672. The van der Waals surface area contributed by atoms with E-state index in [2.05, 4.69) is 6.58 Å². The number of hydrogen-bond acceptors (Lipinski definition) is 2. The van der Waals surface area contributed by atoms with Crippen molar-refractivity contribution in [3.8, 4) is 0 Å². The summed E-state index contributed by atoms with van der Waals surface area (Å²) in [6.07, 6.45) is 3.34. The van der Waals surface area contributed by atoms with Crippen LogP contribution in [0.2, 0.25) is 0 Å². The van der Waals surface area contributed by atoms with Crippen molar-refractivity contribution in [2.75, 3.05) is 6.54 Å². The SMILES string of the molecule is C=CC1CC(=O)N(C2(C(=O)O)CC2)C1. The molecule has 0 aromatic rings. The Bertz CT molecular complexity index is 306. The number of carbonyl (C=O) groups excluding carboxylic acids is 1. The highest BCUT2D eigenvalue weighted by atomic mass is 16.4. The van der Waals surface area contributed by atoms with Crippen molar-refractivity contribution in [2.24, 2.45) is 5.92 Å². The maximum Gasteiger partial charge on any atom is 0.329 e. The van der Waals surface area contributed by atoms with E-state index in [0.717, 1.165) is 0 Å². The highest BCUT2D eigenvalue weighted by Crippen LogP contribution is 2.44. The summed E-state index contributed by atoms with van der Waals surface area (Å²) < 4.78 is 0. The monoisotopic (exact) mass is 195 g/mol. The second-order valence-electron chi connectivity index (χ2n) is 4.04. The average Bonchev–Trinajstić information content (AvgIpc) is 2.86. The molecule has 1 N–H and O–H groups in total. The average molecular weight is 195 g/mol. The summed E-state index contributed by atoms with van der Waals surface area (Å²) in [6.45, 7) is 4.16. The molecule has 1 saturated heterocycles. The molecule has 14 heavy (non-hydrogen) atoms. The summed E-state index contributed by atoms with van der Waals surface area (Å²) in [5.41, 5.74) is -0.866. The molecule has 76 valence electrons. The highest BCUT2D eigenvalue weighted by molar-refractivity contribution is 5.90. The Morgan fingerprint density at radius 1 is 1.64 bits per heavy atom. The summed E-state index contributed by atoms with van der Waals surface area (Å²) >= 11 is 0. The van der Waals surface area contributed by atoms with Gasteiger partial charge in [-0.2, -0.15) is 0 Å². The van der Waals surface area contributed by atoms with E-state index in [4.69, 9.17) is 5.11 Å². The molecule has 1 heterocycles. The Balaban J connectivity index is 2.16.